The van der Waals surface area contributed by atoms with Crippen molar-refractivity contribution in [1.82, 2.24) is 5.32 Å². The predicted molar refractivity (Wildman–Crippen MR) is 121 cm³/mol. The molecule has 0 bridgehead atoms. The molecule has 0 fully saturated rings. The fraction of sp³-hybridized carbons (Fsp3) is 0.192. The lowest BCUT2D eigenvalue weighted by Crippen LogP contribution is -2.32. The van der Waals surface area contributed by atoms with Crippen LogP contribution in [0.2, 0.25) is 0 Å². The lowest BCUT2D eigenvalue weighted by atomic mass is 9.98. The molecule has 3 aromatic carbocycles. The fourth-order valence-corrected chi connectivity index (χ4v) is 4.27. The van der Waals surface area contributed by atoms with Crippen LogP contribution >= 0.6 is 0 Å². The Bertz CT molecular complexity index is 1160. The van der Waals surface area contributed by atoms with Crippen LogP contribution in [0.15, 0.2) is 72.8 Å². The minimum atomic E-state index is -1.16. The van der Waals surface area contributed by atoms with E-state index in [9.17, 15) is 19.5 Å². The van der Waals surface area contributed by atoms with Crippen molar-refractivity contribution in [3.05, 3.63) is 95.1 Å². The molecule has 0 saturated carbocycles. The molecule has 33 heavy (non-hydrogen) atoms. The minimum absolute atomic E-state index is 0.00893. The molecule has 168 valence electrons. The molecule has 1 aliphatic rings. The summed E-state index contributed by atoms with van der Waals surface area (Å²) in [5.74, 6) is -1.86. The van der Waals surface area contributed by atoms with Crippen molar-refractivity contribution in [3.8, 4) is 11.1 Å². The van der Waals surface area contributed by atoms with E-state index in [1.807, 2.05) is 48.5 Å². The maximum atomic E-state index is 12.7. The molecule has 1 unspecified atom stereocenters. The van der Waals surface area contributed by atoms with Crippen LogP contribution in [-0.2, 0) is 14.3 Å². The molecule has 3 aromatic rings. The van der Waals surface area contributed by atoms with Crippen LogP contribution in [0.5, 0.6) is 0 Å². The van der Waals surface area contributed by atoms with E-state index < -0.39 is 24.1 Å². The summed E-state index contributed by atoms with van der Waals surface area (Å²) in [5, 5.41) is 12.2. The summed E-state index contributed by atoms with van der Waals surface area (Å²) in [5.41, 5.74) is 4.67. The van der Waals surface area contributed by atoms with Gasteiger partial charge in [-0.25, -0.2) is 9.59 Å². The first-order valence-electron chi connectivity index (χ1n) is 10.5. The van der Waals surface area contributed by atoms with Gasteiger partial charge in [0.15, 0.2) is 0 Å². The first-order chi connectivity index (χ1) is 16.0. The van der Waals surface area contributed by atoms with Gasteiger partial charge in [-0.3, -0.25) is 4.79 Å². The minimum Gasteiger partial charge on any atom is -0.478 e. The van der Waals surface area contributed by atoms with Gasteiger partial charge in [-0.05, 0) is 33.9 Å². The number of fused-ring (bicyclic) bond motifs is 3. The number of methoxy groups -OCH3 is 1. The molecule has 0 heterocycles. The number of hydrogen-bond donors (Lipinski definition) is 2. The lowest BCUT2D eigenvalue weighted by Gasteiger charge is -2.21. The number of nitrogens with one attached hydrogen (secondary N) is 1. The van der Waals surface area contributed by atoms with Gasteiger partial charge in [0.1, 0.15) is 6.61 Å². The fourth-order valence-electron chi connectivity index (χ4n) is 4.27. The van der Waals surface area contributed by atoms with Gasteiger partial charge >= 0.3 is 18.0 Å². The number of benzene rings is 3. The zero-order valence-corrected chi connectivity index (χ0v) is 18.0. The van der Waals surface area contributed by atoms with Crippen molar-refractivity contribution >= 4 is 18.0 Å². The predicted octanol–water partition coefficient (Wildman–Crippen LogP) is 4.53. The average molecular weight is 445 g/mol. The normalized spacial score (nSPS) is 12.9. The van der Waals surface area contributed by atoms with Crippen LogP contribution in [0.25, 0.3) is 11.1 Å². The summed E-state index contributed by atoms with van der Waals surface area (Å²) < 4.78 is 10.3. The molecule has 0 aromatic heterocycles. The number of aromatic carboxylic acids is 1. The van der Waals surface area contributed by atoms with E-state index in [2.05, 4.69) is 5.32 Å². The Morgan fingerprint density at radius 2 is 1.48 bits per heavy atom. The summed E-state index contributed by atoms with van der Waals surface area (Å²) >= 11 is 0. The number of carboxylic acids is 1. The quantitative estimate of drug-likeness (QED) is 0.518. The molecule has 0 saturated heterocycles. The summed E-state index contributed by atoms with van der Waals surface area (Å²) in [7, 11) is 1.23. The monoisotopic (exact) mass is 445 g/mol. The van der Waals surface area contributed by atoms with Gasteiger partial charge in [0.05, 0.1) is 25.1 Å². The maximum Gasteiger partial charge on any atom is 0.407 e. The summed E-state index contributed by atoms with van der Waals surface area (Å²) in [6.07, 6.45) is -0.976. The molecule has 0 aliphatic heterocycles. The zero-order valence-electron chi connectivity index (χ0n) is 18.0. The van der Waals surface area contributed by atoms with Crippen LogP contribution in [0, 0.1) is 0 Å². The number of ether oxygens (including phenoxy) is 2. The van der Waals surface area contributed by atoms with E-state index >= 15 is 0 Å². The van der Waals surface area contributed by atoms with Gasteiger partial charge in [0, 0.05) is 5.92 Å². The molecule has 1 atom stereocenters. The Hall–Kier alpha value is -4.13. The third-order valence-corrected chi connectivity index (χ3v) is 5.80. The van der Waals surface area contributed by atoms with E-state index in [0.717, 1.165) is 22.3 Å². The van der Waals surface area contributed by atoms with Crippen molar-refractivity contribution in [3.63, 3.8) is 0 Å². The van der Waals surface area contributed by atoms with Gasteiger partial charge in [0.25, 0.3) is 0 Å². The van der Waals surface area contributed by atoms with Crippen LogP contribution in [0.4, 0.5) is 4.79 Å². The largest absolute Gasteiger partial charge is 0.478 e. The van der Waals surface area contributed by atoms with Gasteiger partial charge in [-0.15, -0.1) is 0 Å². The van der Waals surface area contributed by atoms with Crippen molar-refractivity contribution in [2.45, 2.75) is 18.4 Å². The highest BCUT2D eigenvalue weighted by molar-refractivity contribution is 5.90. The maximum absolute atomic E-state index is 12.7. The molecule has 1 amide bonds. The molecule has 4 rings (SSSR count). The van der Waals surface area contributed by atoms with Crippen LogP contribution in [-0.4, -0.2) is 36.9 Å². The van der Waals surface area contributed by atoms with E-state index in [-0.39, 0.29) is 24.5 Å². The van der Waals surface area contributed by atoms with Crippen LogP contribution in [0.1, 0.15) is 45.4 Å². The van der Waals surface area contributed by atoms with E-state index in [1.54, 1.807) is 18.2 Å². The van der Waals surface area contributed by atoms with Crippen molar-refractivity contribution < 1.29 is 29.0 Å². The smallest absolute Gasteiger partial charge is 0.407 e. The van der Waals surface area contributed by atoms with E-state index in [1.165, 1.54) is 13.2 Å². The number of rotatable bonds is 7. The Morgan fingerprint density at radius 3 is 2.09 bits per heavy atom. The number of esters is 1. The SMILES string of the molecule is COC(=O)CC(NC(=O)OCC1c2ccccc2-c2ccccc21)c1ccccc1C(=O)O. The lowest BCUT2D eigenvalue weighted by molar-refractivity contribution is -0.141. The molecular weight excluding hydrogens is 422 g/mol. The van der Waals surface area contributed by atoms with E-state index in [4.69, 9.17) is 9.47 Å². The Balaban J connectivity index is 1.52. The highest BCUT2D eigenvalue weighted by atomic mass is 16.5. The molecule has 0 radical (unpaired) electrons. The van der Waals surface area contributed by atoms with Crippen LogP contribution < -0.4 is 5.32 Å². The number of amides is 1. The molecule has 7 nitrogen and oxygen atoms in total. The zero-order chi connectivity index (χ0) is 23.4. The first kappa shape index (κ1) is 22.1. The van der Waals surface area contributed by atoms with Crippen molar-refractivity contribution in [2.24, 2.45) is 0 Å². The third kappa shape index (κ3) is 4.57. The molecule has 7 heteroatoms. The Kier molecular flexibility index (Phi) is 6.40. The molecule has 0 spiro atoms. The van der Waals surface area contributed by atoms with Crippen LogP contribution in [0.3, 0.4) is 0 Å². The molecule has 1 aliphatic carbocycles. The highest BCUT2D eigenvalue weighted by Gasteiger charge is 2.30. The van der Waals surface area contributed by atoms with Crippen molar-refractivity contribution in [2.75, 3.05) is 13.7 Å². The first-order valence-corrected chi connectivity index (χ1v) is 10.5. The topological polar surface area (TPSA) is 102 Å². The summed E-state index contributed by atoms with van der Waals surface area (Å²) in [6.45, 7) is 0.103. The van der Waals surface area contributed by atoms with E-state index in [0.29, 0.717) is 5.56 Å². The number of carboxylic acid groups (broad SMARTS) is 1. The van der Waals surface area contributed by atoms with Crippen molar-refractivity contribution in [1.29, 1.82) is 0 Å². The third-order valence-electron chi connectivity index (χ3n) is 5.80. The Labute approximate surface area is 191 Å². The number of alkyl carbamates (subject to hydrolysis) is 1. The summed E-state index contributed by atoms with van der Waals surface area (Å²) in [4.78, 5) is 36.3. The second-order valence-electron chi connectivity index (χ2n) is 7.70. The standard InChI is InChI=1S/C26H23NO6/c1-32-24(28)14-23(20-12-6-7-13-21(20)25(29)30)27-26(31)33-15-22-18-10-4-2-8-16(18)17-9-3-5-11-19(17)22/h2-13,22-23H,14-15H2,1H3,(H,27,31)(H,29,30). The second-order valence-corrected chi connectivity index (χ2v) is 7.70. The number of carbonyl (C=O) groups excluding carboxylic acids is 2. The Morgan fingerprint density at radius 1 is 0.909 bits per heavy atom. The summed E-state index contributed by atoms with van der Waals surface area (Å²) in [6, 6.07) is 21.3. The molecule has 2 N–H and O–H groups in total. The van der Waals surface area contributed by atoms with Gasteiger partial charge < -0.3 is 19.9 Å². The average Bonchev–Trinajstić information content (AvgIpc) is 3.16. The number of hydrogen-bond acceptors (Lipinski definition) is 5. The second kappa shape index (κ2) is 9.56. The van der Waals surface area contributed by atoms with Gasteiger partial charge in [0.2, 0.25) is 0 Å². The van der Waals surface area contributed by atoms with Gasteiger partial charge in [-0.1, -0.05) is 66.7 Å². The molecular formula is C26H23NO6. The van der Waals surface area contributed by atoms with Gasteiger partial charge in [-0.2, -0.15) is 0 Å². The number of carbonyl (C=O) groups is 3. The highest BCUT2D eigenvalue weighted by Crippen LogP contribution is 2.44.